The first-order chi connectivity index (χ1) is 10.2. The standard InChI is InChI=1S/C17H20N4/c1-21-9-8-16(20-21)12-17(19-18)11-13-6-7-14-4-2-3-5-15(14)10-13/h2-10,17,19H,11-12,18H2,1H3. The predicted octanol–water partition coefficient (Wildman–Crippen LogP) is 2.19. The van der Waals surface area contributed by atoms with Crippen molar-refractivity contribution in [1.82, 2.24) is 15.2 Å². The van der Waals surface area contributed by atoms with E-state index in [2.05, 4.69) is 53.0 Å². The number of fused-ring (bicyclic) bond motifs is 1. The maximum absolute atomic E-state index is 5.70. The molecule has 3 N–H and O–H groups in total. The van der Waals surface area contributed by atoms with Gasteiger partial charge in [-0.05, 0) is 28.8 Å². The summed E-state index contributed by atoms with van der Waals surface area (Å²) in [6, 6.07) is 17.2. The second kappa shape index (κ2) is 6.08. The van der Waals surface area contributed by atoms with Crippen LogP contribution in [0.2, 0.25) is 0 Å². The van der Waals surface area contributed by atoms with Crippen molar-refractivity contribution >= 4 is 10.8 Å². The average molecular weight is 280 g/mol. The van der Waals surface area contributed by atoms with Crippen LogP contribution in [0.25, 0.3) is 10.8 Å². The summed E-state index contributed by atoms with van der Waals surface area (Å²) in [7, 11) is 1.93. The van der Waals surface area contributed by atoms with Crippen LogP contribution in [0.3, 0.4) is 0 Å². The van der Waals surface area contributed by atoms with Gasteiger partial charge in [-0.3, -0.25) is 16.0 Å². The number of benzene rings is 2. The fraction of sp³-hybridized carbons (Fsp3) is 0.235. The third kappa shape index (κ3) is 3.29. The molecule has 4 heteroatoms. The lowest BCUT2D eigenvalue weighted by molar-refractivity contribution is 0.514. The van der Waals surface area contributed by atoms with Crippen molar-refractivity contribution in [2.24, 2.45) is 12.9 Å². The van der Waals surface area contributed by atoms with Crippen molar-refractivity contribution < 1.29 is 0 Å². The molecule has 108 valence electrons. The van der Waals surface area contributed by atoms with E-state index < -0.39 is 0 Å². The lowest BCUT2D eigenvalue weighted by Crippen LogP contribution is -2.38. The first kappa shape index (κ1) is 13.8. The van der Waals surface area contributed by atoms with Crippen LogP contribution in [-0.2, 0) is 19.9 Å². The van der Waals surface area contributed by atoms with Gasteiger partial charge in [-0.15, -0.1) is 0 Å². The first-order valence-corrected chi connectivity index (χ1v) is 7.17. The number of nitrogens with one attached hydrogen (secondary N) is 1. The van der Waals surface area contributed by atoms with E-state index in [1.165, 1.54) is 16.3 Å². The molecule has 1 heterocycles. The number of hydrogen-bond donors (Lipinski definition) is 2. The number of nitrogens with two attached hydrogens (primary N) is 1. The van der Waals surface area contributed by atoms with Gasteiger partial charge in [0, 0.05) is 25.7 Å². The van der Waals surface area contributed by atoms with E-state index in [9.17, 15) is 0 Å². The third-order valence-corrected chi connectivity index (χ3v) is 3.76. The Morgan fingerprint density at radius 3 is 2.62 bits per heavy atom. The first-order valence-electron chi connectivity index (χ1n) is 7.17. The van der Waals surface area contributed by atoms with Gasteiger partial charge in [-0.1, -0.05) is 42.5 Å². The van der Waals surface area contributed by atoms with Crippen molar-refractivity contribution in [3.05, 3.63) is 66.0 Å². The van der Waals surface area contributed by atoms with Crippen LogP contribution >= 0.6 is 0 Å². The molecule has 1 unspecified atom stereocenters. The van der Waals surface area contributed by atoms with E-state index in [1.54, 1.807) is 0 Å². The Morgan fingerprint density at radius 2 is 1.90 bits per heavy atom. The average Bonchev–Trinajstić information content (AvgIpc) is 2.91. The zero-order valence-electron chi connectivity index (χ0n) is 12.2. The van der Waals surface area contributed by atoms with Gasteiger partial charge in [0.2, 0.25) is 0 Å². The van der Waals surface area contributed by atoms with E-state index in [0.29, 0.717) is 0 Å². The molecule has 0 spiro atoms. The molecule has 0 aliphatic rings. The summed E-state index contributed by atoms with van der Waals surface area (Å²) in [6.45, 7) is 0. The van der Waals surface area contributed by atoms with Crippen LogP contribution in [0.4, 0.5) is 0 Å². The minimum Gasteiger partial charge on any atom is -0.276 e. The van der Waals surface area contributed by atoms with Gasteiger partial charge in [-0.25, -0.2) is 0 Å². The summed E-state index contributed by atoms with van der Waals surface area (Å²) in [5.41, 5.74) is 5.25. The fourth-order valence-electron chi connectivity index (χ4n) is 2.66. The molecule has 0 fully saturated rings. The second-order valence-corrected chi connectivity index (χ2v) is 5.43. The predicted molar refractivity (Wildman–Crippen MR) is 85.7 cm³/mol. The number of nitrogens with zero attached hydrogens (tertiary/aromatic N) is 2. The molecule has 21 heavy (non-hydrogen) atoms. The van der Waals surface area contributed by atoms with Gasteiger partial charge in [0.25, 0.3) is 0 Å². The largest absolute Gasteiger partial charge is 0.276 e. The summed E-state index contributed by atoms with van der Waals surface area (Å²) < 4.78 is 1.82. The molecule has 3 aromatic rings. The maximum Gasteiger partial charge on any atom is 0.0640 e. The number of aryl methyl sites for hydroxylation is 1. The Bertz CT molecular complexity index is 732. The van der Waals surface area contributed by atoms with E-state index in [4.69, 9.17) is 5.84 Å². The van der Waals surface area contributed by atoms with Gasteiger partial charge in [0.15, 0.2) is 0 Å². The quantitative estimate of drug-likeness (QED) is 0.556. The zero-order valence-corrected chi connectivity index (χ0v) is 12.2. The molecular formula is C17H20N4. The van der Waals surface area contributed by atoms with Crippen molar-refractivity contribution in [2.75, 3.05) is 0 Å². The molecule has 0 radical (unpaired) electrons. The van der Waals surface area contributed by atoms with Crippen molar-refractivity contribution in [1.29, 1.82) is 0 Å². The Morgan fingerprint density at radius 1 is 1.10 bits per heavy atom. The van der Waals surface area contributed by atoms with E-state index in [-0.39, 0.29) is 6.04 Å². The SMILES string of the molecule is Cn1ccc(CC(Cc2ccc3ccccc3c2)NN)n1. The van der Waals surface area contributed by atoms with Gasteiger partial charge >= 0.3 is 0 Å². The van der Waals surface area contributed by atoms with Crippen LogP contribution in [-0.4, -0.2) is 15.8 Å². The lowest BCUT2D eigenvalue weighted by atomic mass is 9.99. The van der Waals surface area contributed by atoms with Crippen LogP contribution in [0.5, 0.6) is 0 Å². The molecule has 0 aliphatic heterocycles. The van der Waals surface area contributed by atoms with Gasteiger partial charge < -0.3 is 0 Å². The van der Waals surface area contributed by atoms with Crippen LogP contribution in [0.15, 0.2) is 54.7 Å². The molecule has 2 aromatic carbocycles. The Hall–Kier alpha value is -2.17. The van der Waals surface area contributed by atoms with E-state index in [0.717, 1.165) is 18.5 Å². The minimum atomic E-state index is 0.182. The van der Waals surface area contributed by atoms with Crippen LogP contribution in [0, 0.1) is 0 Å². The van der Waals surface area contributed by atoms with E-state index >= 15 is 0 Å². The topological polar surface area (TPSA) is 55.9 Å². The number of hydrazine groups is 1. The van der Waals surface area contributed by atoms with Crippen molar-refractivity contribution in [3.63, 3.8) is 0 Å². The molecular weight excluding hydrogens is 260 g/mol. The molecule has 1 atom stereocenters. The molecule has 0 amide bonds. The Labute approximate surface area is 124 Å². The lowest BCUT2D eigenvalue weighted by Gasteiger charge is -2.15. The number of rotatable bonds is 5. The van der Waals surface area contributed by atoms with Crippen LogP contribution < -0.4 is 11.3 Å². The fourth-order valence-corrected chi connectivity index (χ4v) is 2.66. The monoisotopic (exact) mass is 280 g/mol. The summed E-state index contributed by atoms with van der Waals surface area (Å²) >= 11 is 0. The Balaban J connectivity index is 1.75. The third-order valence-electron chi connectivity index (χ3n) is 3.76. The molecule has 0 aliphatic carbocycles. The summed E-state index contributed by atoms with van der Waals surface area (Å²) in [5, 5.41) is 6.95. The van der Waals surface area contributed by atoms with Crippen molar-refractivity contribution in [3.8, 4) is 0 Å². The van der Waals surface area contributed by atoms with Crippen LogP contribution in [0.1, 0.15) is 11.3 Å². The smallest absolute Gasteiger partial charge is 0.0640 e. The maximum atomic E-state index is 5.70. The molecule has 3 rings (SSSR count). The number of hydrogen-bond acceptors (Lipinski definition) is 3. The van der Waals surface area contributed by atoms with Gasteiger partial charge in [0.05, 0.1) is 5.69 Å². The molecule has 4 nitrogen and oxygen atoms in total. The van der Waals surface area contributed by atoms with E-state index in [1.807, 2.05) is 24.0 Å². The normalized spacial score (nSPS) is 12.7. The molecule has 1 aromatic heterocycles. The highest BCUT2D eigenvalue weighted by atomic mass is 15.3. The Kier molecular flexibility index (Phi) is 3.99. The highest BCUT2D eigenvalue weighted by Gasteiger charge is 2.11. The van der Waals surface area contributed by atoms with Crippen molar-refractivity contribution in [2.45, 2.75) is 18.9 Å². The molecule has 0 saturated heterocycles. The highest BCUT2D eigenvalue weighted by molar-refractivity contribution is 5.82. The number of aromatic nitrogens is 2. The summed E-state index contributed by atoms with van der Waals surface area (Å²) in [6.07, 6.45) is 3.67. The second-order valence-electron chi connectivity index (χ2n) is 5.43. The molecule has 0 bridgehead atoms. The van der Waals surface area contributed by atoms with Gasteiger partial charge in [-0.2, -0.15) is 5.10 Å². The minimum absolute atomic E-state index is 0.182. The van der Waals surface area contributed by atoms with Gasteiger partial charge in [0.1, 0.15) is 0 Å². The summed E-state index contributed by atoms with van der Waals surface area (Å²) in [5.74, 6) is 5.70. The highest BCUT2D eigenvalue weighted by Crippen LogP contribution is 2.17. The molecule has 0 saturated carbocycles. The summed E-state index contributed by atoms with van der Waals surface area (Å²) in [4.78, 5) is 0. The zero-order chi connectivity index (χ0) is 14.7.